The average Bonchev–Trinajstić information content (AvgIpc) is 2.86. The zero-order valence-electron chi connectivity index (χ0n) is 9.84. The largest absolute Gasteiger partial charge is 0.398 e. The third kappa shape index (κ3) is 2.22. The van der Waals surface area contributed by atoms with Gasteiger partial charge >= 0.3 is 0 Å². The van der Waals surface area contributed by atoms with Gasteiger partial charge in [0.2, 0.25) is 0 Å². The summed E-state index contributed by atoms with van der Waals surface area (Å²) in [6.07, 6.45) is 1.54. The van der Waals surface area contributed by atoms with E-state index in [1.807, 2.05) is 11.4 Å². The molecule has 0 saturated carbocycles. The molecule has 0 unspecified atom stereocenters. The number of nitrogens with two attached hydrogens (primary N) is 1. The minimum atomic E-state index is -0.0561. The summed E-state index contributed by atoms with van der Waals surface area (Å²) in [4.78, 5) is 16.5. The van der Waals surface area contributed by atoms with E-state index in [0.29, 0.717) is 22.0 Å². The lowest BCUT2D eigenvalue weighted by molar-refractivity contribution is 0.751. The first kappa shape index (κ1) is 12.2. The number of halogens is 1. The van der Waals surface area contributed by atoms with E-state index in [9.17, 15) is 4.79 Å². The molecule has 4 nitrogen and oxygen atoms in total. The number of rotatable bonds is 2. The topological polar surface area (TPSA) is 60.9 Å². The Morgan fingerprint density at radius 2 is 2.21 bits per heavy atom. The molecule has 6 heteroatoms. The molecule has 0 bridgehead atoms. The van der Waals surface area contributed by atoms with E-state index in [2.05, 4.69) is 4.98 Å². The number of fused-ring (bicyclic) bond motifs is 1. The van der Waals surface area contributed by atoms with Crippen molar-refractivity contribution in [3.05, 3.63) is 56.9 Å². The van der Waals surface area contributed by atoms with Gasteiger partial charge in [0, 0.05) is 10.7 Å². The summed E-state index contributed by atoms with van der Waals surface area (Å²) in [7, 11) is 0. The minimum absolute atomic E-state index is 0.0561. The van der Waals surface area contributed by atoms with Crippen LogP contribution in [0, 0.1) is 0 Å². The number of nitrogen functional groups attached to an aromatic ring is 1. The predicted molar refractivity (Wildman–Crippen MR) is 78.8 cm³/mol. The SMILES string of the molecule is Nc1ccc(Cl)cc1Cn1cnc2ccsc2c1=O. The third-order valence-corrected chi connectivity index (χ3v) is 4.01. The van der Waals surface area contributed by atoms with Crippen LogP contribution in [0.25, 0.3) is 10.2 Å². The van der Waals surface area contributed by atoms with Gasteiger partial charge in [-0.2, -0.15) is 0 Å². The highest BCUT2D eigenvalue weighted by Crippen LogP contribution is 2.19. The monoisotopic (exact) mass is 291 g/mol. The van der Waals surface area contributed by atoms with Crippen LogP contribution in [0.5, 0.6) is 0 Å². The molecule has 2 aromatic heterocycles. The van der Waals surface area contributed by atoms with Crippen LogP contribution in [0.2, 0.25) is 5.02 Å². The number of thiophene rings is 1. The van der Waals surface area contributed by atoms with E-state index in [-0.39, 0.29) is 5.56 Å². The van der Waals surface area contributed by atoms with Gasteiger partial charge in [0.1, 0.15) is 4.70 Å². The van der Waals surface area contributed by atoms with Crippen molar-refractivity contribution in [3.8, 4) is 0 Å². The summed E-state index contributed by atoms with van der Waals surface area (Å²) in [6.45, 7) is 0.367. The fourth-order valence-electron chi connectivity index (χ4n) is 1.89. The molecule has 2 heterocycles. The summed E-state index contributed by atoms with van der Waals surface area (Å²) in [5.74, 6) is 0. The molecule has 0 aliphatic rings. The molecule has 96 valence electrons. The second-order valence-corrected chi connectivity index (χ2v) is 5.51. The van der Waals surface area contributed by atoms with Crippen LogP contribution in [-0.2, 0) is 6.54 Å². The Labute approximate surface area is 118 Å². The molecule has 0 amide bonds. The minimum Gasteiger partial charge on any atom is -0.398 e. The van der Waals surface area contributed by atoms with Crippen LogP contribution in [0.15, 0.2) is 40.8 Å². The van der Waals surface area contributed by atoms with E-state index < -0.39 is 0 Å². The van der Waals surface area contributed by atoms with Gasteiger partial charge in [0.05, 0.1) is 18.4 Å². The number of hydrogen-bond acceptors (Lipinski definition) is 4. The fraction of sp³-hybridized carbons (Fsp3) is 0.0769. The van der Waals surface area contributed by atoms with Crippen molar-refractivity contribution < 1.29 is 0 Å². The highest BCUT2D eigenvalue weighted by molar-refractivity contribution is 7.17. The molecule has 0 spiro atoms. The summed E-state index contributed by atoms with van der Waals surface area (Å²) in [5, 5.41) is 2.46. The first-order chi connectivity index (χ1) is 9.15. The van der Waals surface area contributed by atoms with Crippen LogP contribution < -0.4 is 11.3 Å². The lowest BCUT2D eigenvalue weighted by Gasteiger charge is -2.08. The van der Waals surface area contributed by atoms with E-state index in [0.717, 1.165) is 11.1 Å². The highest BCUT2D eigenvalue weighted by atomic mass is 35.5. The van der Waals surface area contributed by atoms with Crippen LogP contribution in [-0.4, -0.2) is 9.55 Å². The van der Waals surface area contributed by atoms with Gasteiger partial charge in [-0.25, -0.2) is 4.98 Å². The molecule has 19 heavy (non-hydrogen) atoms. The van der Waals surface area contributed by atoms with Gasteiger partial charge in [-0.3, -0.25) is 9.36 Å². The summed E-state index contributed by atoms with van der Waals surface area (Å²) < 4.78 is 2.20. The van der Waals surface area contributed by atoms with Crippen LogP contribution >= 0.6 is 22.9 Å². The first-order valence-electron chi connectivity index (χ1n) is 5.62. The van der Waals surface area contributed by atoms with Crippen molar-refractivity contribution in [2.75, 3.05) is 5.73 Å². The number of anilines is 1. The second-order valence-electron chi connectivity index (χ2n) is 4.16. The molecule has 0 aliphatic carbocycles. The maximum absolute atomic E-state index is 12.2. The zero-order valence-corrected chi connectivity index (χ0v) is 11.4. The molecule has 3 rings (SSSR count). The van der Waals surface area contributed by atoms with E-state index >= 15 is 0 Å². The van der Waals surface area contributed by atoms with E-state index in [4.69, 9.17) is 17.3 Å². The van der Waals surface area contributed by atoms with E-state index in [1.165, 1.54) is 17.7 Å². The Hall–Kier alpha value is -1.85. The maximum Gasteiger partial charge on any atom is 0.271 e. The maximum atomic E-state index is 12.2. The second kappa shape index (κ2) is 4.68. The van der Waals surface area contributed by atoms with Crippen molar-refractivity contribution in [1.82, 2.24) is 9.55 Å². The number of benzene rings is 1. The normalized spacial score (nSPS) is 11.0. The Morgan fingerprint density at radius 1 is 1.37 bits per heavy atom. The fourth-order valence-corrected chi connectivity index (χ4v) is 2.87. The summed E-state index contributed by atoms with van der Waals surface area (Å²) >= 11 is 7.34. The molecule has 0 aliphatic heterocycles. The molecule has 0 saturated heterocycles. The third-order valence-electron chi connectivity index (χ3n) is 2.88. The number of nitrogens with zero attached hydrogens (tertiary/aromatic N) is 2. The van der Waals surface area contributed by atoms with Crippen LogP contribution in [0.4, 0.5) is 5.69 Å². The smallest absolute Gasteiger partial charge is 0.271 e. The summed E-state index contributed by atoms with van der Waals surface area (Å²) in [6, 6.07) is 7.06. The van der Waals surface area contributed by atoms with Gasteiger partial charge in [-0.05, 0) is 35.2 Å². The molecular weight excluding hydrogens is 282 g/mol. The molecule has 2 N–H and O–H groups in total. The predicted octanol–water partition coefficient (Wildman–Crippen LogP) is 2.74. The first-order valence-corrected chi connectivity index (χ1v) is 6.87. The molecule has 1 aromatic carbocycles. The average molecular weight is 292 g/mol. The van der Waals surface area contributed by atoms with Gasteiger partial charge in [0.25, 0.3) is 5.56 Å². The highest BCUT2D eigenvalue weighted by Gasteiger charge is 2.07. The van der Waals surface area contributed by atoms with Crippen molar-refractivity contribution in [2.45, 2.75) is 6.54 Å². The quantitative estimate of drug-likeness (QED) is 0.739. The molecule has 3 aromatic rings. The Balaban J connectivity index is 2.08. The molecule has 0 atom stereocenters. The van der Waals surface area contributed by atoms with Crippen LogP contribution in [0.3, 0.4) is 0 Å². The Kier molecular flexibility index (Phi) is 3.00. The van der Waals surface area contributed by atoms with Gasteiger partial charge in [-0.15, -0.1) is 11.3 Å². The standard InChI is InChI=1S/C13H10ClN3OS/c14-9-1-2-10(15)8(5-9)6-17-7-16-11-3-4-19-12(11)13(17)18/h1-5,7H,6,15H2. The zero-order chi connectivity index (χ0) is 13.4. The number of hydrogen-bond donors (Lipinski definition) is 1. The Morgan fingerprint density at radius 3 is 3.05 bits per heavy atom. The number of aromatic nitrogens is 2. The molecular formula is C13H10ClN3OS. The lowest BCUT2D eigenvalue weighted by Crippen LogP contribution is -2.20. The lowest BCUT2D eigenvalue weighted by atomic mass is 10.2. The molecule has 0 fully saturated rings. The van der Waals surface area contributed by atoms with Gasteiger partial charge < -0.3 is 5.73 Å². The van der Waals surface area contributed by atoms with Crippen molar-refractivity contribution in [3.63, 3.8) is 0 Å². The van der Waals surface area contributed by atoms with Gasteiger partial charge in [0.15, 0.2) is 0 Å². The Bertz CT molecular complexity index is 809. The van der Waals surface area contributed by atoms with Crippen LogP contribution in [0.1, 0.15) is 5.56 Å². The van der Waals surface area contributed by atoms with Crippen molar-refractivity contribution in [1.29, 1.82) is 0 Å². The van der Waals surface area contributed by atoms with E-state index in [1.54, 1.807) is 22.8 Å². The van der Waals surface area contributed by atoms with Crippen molar-refractivity contribution >= 4 is 38.8 Å². The molecule has 0 radical (unpaired) electrons. The summed E-state index contributed by atoms with van der Waals surface area (Å²) in [5.41, 5.74) is 7.99. The van der Waals surface area contributed by atoms with Crippen molar-refractivity contribution in [2.24, 2.45) is 0 Å². The van der Waals surface area contributed by atoms with Gasteiger partial charge in [-0.1, -0.05) is 11.6 Å².